The molecule has 1 aromatic heterocycles. The summed E-state index contributed by atoms with van der Waals surface area (Å²) >= 11 is 0. The summed E-state index contributed by atoms with van der Waals surface area (Å²) in [6, 6.07) is 10.3. The van der Waals surface area contributed by atoms with E-state index in [1.54, 1.807) is 12.1 Å². The number of ether oxygens (including phenoxy) is 2. The Balaban J connectivity index is 1.62. The molecule has 0 unspecified atom stereocenters. The molecule has 8 nitrogen and oxygen atoms in total. The van der Waals surface area contributed by atoms with Gasteiger partial charge in [0.15, 0.2) is 12.4 Å². The van der Waals surface area contributed by atoms with Crippen LogP contribution in [0.25, 0.3) is 0 Å². The molecule has 0 atom stereocenters. The summed E-state index contributed by atoms with van der Waals surface area (Å²) in [6.07, 6.45) is 1.45. The van der Waals surface area contributed by atoms with E-state index in [9.17, 15) is 18.0 Å². The molecule has 0 saturated carbocycles. The van der Waals surface area contributed by atoms with Gasteiger partial charge in [0.05, 0.1) is 18.1 Å². The fourth-order valence-electron chi connectivity index (χ4n) is 2.52. The lowest BCUT2D eigenvalue weighted by Crippen LogP contribution is -2.40. The number of morpholine rings is 1. The van der Waals surface area contributed by atoms with Crippen molar-refractivity contribution in [3.8, 4) is 0 Å². The zero-order valence-electron chi connectivity index (χ0n) is 14.4. The summed E-state index contributed by atoms with van der Waals surface area (Å²) in [5.74, 6) is -1.13. The number of aromatic nitrogens is 1. The molecule has 0 amide bonds. The van der Waals surface area contributed by atoms with Crippen LogP contribution in [-0.2, 0) is 19.5 Å². The van der Waals surface area contributed by atoms with Crippen molar-refractivity contribution in [3.05, 3.63) is 59.9 Å². The van der Waals surface area contributed by atoms with Crippen LogP contribution >= 0.6 is 0 Å². The van der Waals surface area contributed by atoms with E-state index in [1.165, 1.54) is 40.8 Å². The molecular weight excluding hydrogens is 372 g/mol. The minimum absolute atomic E-state index is 0.103. The van der Waals surface area contributed by atoms with Gasteiger partial charge in [0.2, 0.25) is 10.0 Å². The van der Waals surface area contributed by atoms with Gasteiger partial charge in [0.1, 0.15) is 5.69 Å². The number of nitrogens with zero attached hydrogens (tertiary/aromatic N) is 2. The van der Waals surface area contributed by atoms with Crippen molar-refractivity contribution in [1.82, 2.24) is 9.29 Å². The van der Waals surface area contributed by atoms with E-state index < -0.39 is 28.4 Å². The molecule has 0 bridgehead atoms. The minimum Gasteiger partial charge on any atom is -0.453 e. The van der Waals surface area contributed by atoms with Crippen LogP contribution in [0.2, 0.25) is 0 Å². The van der Waals surface area contributed by atoms with Crippen molar-refractivity contribution < 1.29 is 27.5 Å². The van der Waals surface area contributed by atoms with Crippen LogP contribution in [0.4, 0.5) is 0 Å². The predicted octanol–water partition coefficient (Wildman–Crippen LogP) is 1.14. The van der Waals surface area contributed by atoms with E-state index >= 15 is 0 Å². The lowest BCUT2D eigenvalue weighted by atomic mass is 10.1. The monoisotopic (exact) mass is 390 g/mol. The number of Topliss-reactive ketones (excluding diaryl/α,β-unsaturated/α-hetero) is 1. The van der Waals surface area contributed by atoms with Crippen molar-refractivity contribution in [1.29, 1.82) is 0 Å². The summed E-state index contributed by atoms with van der Waals surface area (Å²) < 4.78 is 36.6. The number of esters is 1. The lowest BCUT2D eigenvalue weighted by molar-refractivity contribution is 0.0469. The molecule has 1 aliphatic rings. The molecular formula is C18H18N2O6S. The number of benzene rings is 1. The maximum Gasteiger partial charge on any atom is 0.357 e. The van der Waals surface area contributed by atoms with Crippen molar-refractivity contribution in [2.75, 3.05) is 32.9 Å². The van der Waals surface area contributed by atoms with Crippen LogP contribution in [0.3, 0.4) is 0 Å². The van der Waals surface area contributed by atoms with Gasteiger partial charge in [-0.15, -0.1) is 0 Å². The van der Waals surface area contributed by atoms with Gasteiger partial charge in [-0.2, -0.15) is 4.31 Å². The SMILES string of the molecule is O=C(COC(=O)c1ccccn1)c1ccc(S(=O)(=O)N2CCOCC2)cc1. The Kier molecular flexibility index (Phi) is 5.94. The Morgan fingerprint density at radius 3 is 2.41 bits per heavy atom. The number of rotatable bonds is 6. The van der Waals surface area contributed by atoms with Crippen LogP contribution in [0, 0.1) is 0 Å². The van der Waals surface area contributed by atoms with Crippen molar-refractivity contribution in [2.45, 2.75) is 4.90 Å². The van der Waals surface area contributed by atoms with Crippen LogP contribution in [-0.4, -0.2) is 62.4 Å². The fourth-order valence-corrected chi connectivity index (χ4v) is 3.93. The molecule has 0 N–H and O–H groups in total. The van der Waals surface area contributed by atoms with E-state index in [0.717, 1.165) is 0 Å². The molecule has 0 spiro atoms. The van der Waals surface area contributed by atoms with Crippen LogP contribution in [0.1, 0.15) is 20.8 Å². The first-order chi connectivity index (χ1) is 13.0. The third-order valence-electron chi connectivity index (χ3n) is 3.99. The summed E-state index contributed by atoms with van der Waals surface area (Å²) in [5, 5.41) is 0. The van der Waals surface area contributed by atoms with Crippen molar-refractivity contribution >= 4 is 21.8 Å². The summed E-state index contributed by atoms with van der Waals surface area (Å²) in [7, 11) is -3.62. The molecule has 27 heavy (non-hydrogen) atoms. The second kappa shape index (κ2) is 8.38. The van der Waals surface area contributed by atoms with Gasteiger partial charge in [-0.05, 0) is 36.4 Å². The van der Waals surface area contributed by atoms with E-state index in [4.69, 9.17) is 9.47 Å². The zero-order chi connectivity index (χ0) is 19.3. The Hall–Kier alpha value is -2.62. The molecule has 2 heterocycles. The third kappa shape index (κ3) is 4.57. The maximum absolute atomic E-state index is 12.5. The van der Waals surface area contributed by atoms with E-state index in [2.05, 4.69) is 4.98 Å². The van der Waals surface area contributed by atoms with Gasteiger partial charge < -0.3 is 9.47 Å². The maximum atomic E-state index is 12.5. The normalized spacial score (nSPS) is 15.3. The first-order valence-corrected chi connectivity index (χ1v) is 9.72. The number of hydrogen-bond acceptors (Lipinski definition) is 7. The smallest absolute Gasteiger partial charge is 0.357 e. The van der Waals surface area contributed by atoms with Crippen LogP contribution in [0.15, 0.2) is 53.6 Å². The molecule has 0 aliphatic carbocycles. The Bertz CT molecular complexity index is 907. The number of carbonyl (C=O) groups excluding carboxylic acids is 2. The third-order valence-corrected chi connectivity index (χ3v) is 5.91. The average molecular weight is 390 g/mol. The minimum atomic E-state index is -3.62. The number of pyridine rings is 1. The number of hydrogen-bond donors (Lipinski definition) is 0. The highest BCUT2D eigenvalue weighted by Gasteiger charge is 2.26. The zero-order valence-corrected chi connectivity index (χ0v) is 15.2. The highest BCUT2D eigenvalue weighted by atomic mass is 32.2. The summed E-state index contributed by atoms with van der Waals surface area (Å²) in [4.78, 5) is 27.9. The molecule has 1 aliphatic heterocycles. The van der Waals surface area contributed by atoms with Crippen LogP contribution in [0.5, 0.6) is 0 Å². The topological polar surface area (TPSA) is 103 Å². The molecule has 0 radical (unpaired) electrons. The standard InChI is InChI=1S/C18H18N2O6S/c21-17(13-26-18(22)16-3-1-2-8-19-16)14-4-6-15(7-5-14)27(23,24)20-9-11-25-12-10-20/h1-8H,9-13H2. The van der Waals surface area contributed by atoms with Crippen LogP contribution < -0.4 is 0 Å². The first kappa shape index (κ1) is 19.2. The average Bonchev–Trinajstić information content (AvgIpc) is 2.73. The summed E-state index contributed by atoms with van der Waals surface area (Å²) in [5.41, 5.74) is 0.363. The van der Waals surface area contributed by atoms with Gasteiger partial charge >= 0.3 is 5.97 Å². The van der Waals surface area contributed by atoms with Gasteiger partial charge in [-0.3, -0.25) is 4.79 Å². The Morgan fingerprint density at radius 2 is 1.78 bits per heavy atom. The first-order valence-electron chi connectivity index (χ1n) is 8.28. The highest BCUT2D eigenvalue weighted by molar-refractivity contribution is 7.89. The quantitative estimate of drug-likeness (QED) is 0.538. The molecule has 3 rings (SSSR count). The van der Waals surface area contributed by atoms with Gasteiger partial charge in [-0.25, -0.2) is 18.2 Å². The van der Waals surface area contributed by atoms with Gasteiger partial charge in [-0.1, -0.05) is 6.07 Å². The number of ketones is 1. The molecule has 142 valence electrons. The van der Waals surface area contributed by atoms with Gasteiger partial charge in [0.25, 0.3) is 0 Å². The highest BCUT2D eigenvalue weighted by Crippen LogP contribution is 2.18. The Morgan fingerprint density at radius 1 is 1.07 bits per heavy atom. The molecule has 2 aromatic rings. The van der Waals surface area contributed by atoms with E-state index in [-0.39, 0.29) is 16.2 Å². The largest absolute Gasteiger partial charge is 0.453 e. The molecule has 1 fully saturated rings. The number of carbonyl (C=O) groups is 2. The lowest BCUT2D eigenvalue weighted by Gasteiger charge is -2.26. The van der Waals surface area contributed by atoms with Crippen molar-refractivity contribution in [3.63, 3.8) is 0 Å². The van der Waals surface area contributed by atoms with E-state index in [0.29, 0.717) is 26.3 Å². The second-order valence-electron chi connectivity index (χ2n) is 5.76. The summed E-state index contributed by atoms with van der Waals surface area (Å²) in [6.45, 7) is 0.860. The number of sulfonamides is 1. The second-order valence-corrected chi connectivity index (χ2v) is 7.69. The van der Waals surface area contributed by atoms with E-state index in [1.807, 2.05) is 0 Å². The molecule has 9 heteroatoms. The Labute approximate surface area is 156 Å². The molecule has 1 aromatic carbocycles. The molecule has 1 saturated heterocycles. The van der Waals surface area contributed by atoms with Crippen molar-refractivity contribution in [2.24, 2.45) is 0 Å². The predicted molar refractivity (Wildman–Crippen MR) is 94.9 cm³/mol. The fraction of sp³-hybridized carbons (Fsp3) is 0.278. The van der Waals surface area contributed by atoms with Gasteiger partial charge in [0, 0.05) is 24.8 Å².